The Morgan fingerprint density at radius 3 is 2.11 bits per heavy atom. The molecule has 0 unspecified atom stereocenters. The lowest BCUT2D eigenvalue weighted by molar-refractivity contribution is 0.524. The molecular formula is C15H20FNS. The summed E-state index contributed by atoms with van der Waals surface area (Å²) in [5.74, 6) is -0.152. The van der Waals surface area contributed by atoms with Gasteiger partial charge in [-0.05, 0) is 17.0 Å². The predicted molar refractivity (Wildman–Crippen MR) is 77.0 cm³/mol. The number of fused-ring (bicyclic) bond motifs is 1. The van der Waals surface area contributed by atoms with Gasteiger partial charge in [0.1, 0.15) is 5.82 Å². The van der Waals surface area contributed by atoms with Gasteiger partial charge in [-0.2, -0.15) is 0 Å². The minimum atomic E-state index is -0.176. The van der Waals surface area contributed by atoms with Gasteiger partial charge in [-0.15, -0.1) is 11.3 Å². The molecule has 3 heteroatoms. The zero-order chi connectivity index (χ0) is 13.7. The van der Waals surface area contributed by atoms with Crippen LogP contribution in [0.2, 0.25) is 0 Å². The van der Waals surface area contributed by atoms with Crippen LogP contribution < -0.4 is 0 Å². The van der Waals surface area contributed by atoms with E-state index >= 15 is 0 Å². The Morgan fingerprint density at radius 1 is 1.00 bits per heavy atom. The van der Waals surface area contributed by atoms with Crippen molar-refractivity contribution in [2.45, 2.75) is 52.4 Å². The first-order valence-electron chi connectivity index (χ1n) is 6.20. The molecule has 0 fully saturated rings. The van der Waals surface area contributed by atoms with Crippen LogP contribution in [0.4, 0.5) is 4.39 Å². The van der Waals surface area contributed by atoms with Gasteiger partial charge in [-0.25, -0.2) is 9.37 Å². The third-order valence-corrected chi connectivity index (χ3v) is 4.37. The Morgan fingerprint density at radius 2 is 1.61 bits per heavy atom. The van der Waals surface area contributed by atoms with Gasteiger partial charge < -0.3 is 0 Å². The molecule has 0 bridgehead atoms. The van der Waals surface area contributed by atoms with Crippen molar-refractivity contribution >= 4 is 21.6 Å². The van der Waals surface area contributed by atoms with E-state index in [0.717, 1.165) is 20.8 Å². The van der Waals surface area contributed by atoms with E-state index in [2.05, 4.69) is 25.8 Å². The Balaban J connectivity index is 2.65. The highest BCUT2D eigenvalue weighted by Gasteiger charge is 2.23. The average molecular weight is 265 g/mol. The fourth-order valence-corrected chi connectivity index (χ4v) is 2.89. The molecular weight excluding hydrogens is 245 g/mol. The second-order valence-corrected chi connectivity index (χ2v) is 7.85. The zero-order valence-electron chi connectivity index (χ0n) is 11.9. The number of benzene rings is 1. The van der Waals surface area contributed by atoms with Gasteiger partial charge in [-0.1, -0.05) is 41.5 Å². The molecule has 2 rings (SSSR count). The molecule has 0 aliphatic carbocycles. The molecule has 2 aromatic rings. The summed E-state index contributed by atoms with van der Waals surface area (Å²) in [6.07, 6.45) is 0. The van der Waals surface area contributed by atoms with Crippen LogP contribution in [0.5, 0.6) is 0 Å². The third kappa shape index (κ3) is 2.41. The summed E-state index contributed by atoms with van der Waals surface area (Å²) >= 11 is 1.67. The topological polar surface area (TPSA) is 12.9 Å². The van der Waals surface area contributed by atoms with Crippen molar-refractivity contribution in [1.82, 2.24) is 4.98 Å². The van der Waals surface area contributed by atoms with Crippen LogP contribution in [0.3, 0.4) is 0 Å². The highest BCUT2D eigenvalue weighted by Crippen LogP contribution is 2.35. The molecule has 98 valence electrons. The van der Waals surface area contributed by atoms with Gasteiger partial charge >= 0.3 is 0 Å². The summed E-state index contributed by atoms with van der Waals surface area (Å²) in [4.78, 5) is 4.55. The molecule has 18 heavy (non-hydrogen) atoms. The quantitative estimate of drug-likeness (QED) is 0.651. The molecule has 0 aliphatic rings. The molecule has 0 atom stereocenters. The van der Waals surface area contributed by atoms with Gasteiger partial charge in [0, 0.05) is 11.5 Å². The molecule has 1 heterocycles. The molecule has 0 radical (unpaired) electrons. The van der Waals surface area contributed by atoms with Crippen LogP contribution in [0.15, 0.2) is 12.1 Å². The second kappa shape index (κ2) is 4.02. The Hall–Kier alpha value is -0.960. The van der Waals surface area contributed by atoms with Crippen LogP contribution in [-0.4, -0.2) is 4.98 Å². The van der Waals surface area contributed by atoms with E-state index in [9.17, 15) is 4.39 Å². The van der Waals surface area contributed by atoms with E-state index in [4.69, 9.17) is 0 Å². The molecule has 0 saturated heterocycles. The highest BCUT2D eigenvalue weighted by molar-refractivity contribution is 7.18. The molecule has 0 spiro atoms. The molecule has 0 N–H and O–H groups in total. The fraction of sp³-hybridized carbons (Fsp3) is 0.533. The van der Waals surface area contributed by atoms with E-state index in [1.807, 2.05) is 26.8 Å². The monoisotopic (exact) mass is 265 g/mol. The van der Waals surface area contributed by atoms with Crippen molar-refractivity contribution in [2.24, 2.45) is 0 Å². The smallest absolute Gasteiger partial charge is 0.129 e. The Bertz CT molecular complexity index is 585. The maximum atomic E-state index is 14.1. The fourth-order valence-electron chi connectivity index (χ4n) is 1.84. The predicted octanol–water partition coefficient (Wildman–Crippen LogP) is 5.03. The summed E-state index contributed by atoms with van der Waals surface area (Å²) < 4.78 is 15.2. The zero-order valence-corrected chi connectivity index (χ0v) is 12.7. The van der Waals surface area contributed by atoms with Crippen LogP contribution >= 0.6 is 11.3 Å². The lowest BCUT2D eigenvalue weighted by atomic mass is 9.86. The van der Waals surface area contributed by atoms with E-state index in [0.29, 0.717) is 0 Å². The Kier molecular flexibility index (Phi) is 3.01. The Labute approximate surface area is 112 Å². The van der Waals surface area contributed by atoms with Crippen LogP contribution in [0, 0.1) is 5.82 Å². The summed E-state index contributed by atoms with van der Waals surface area (Å²) in [6.45, 7) is 12.5. The van der Waals surface area contributed by atoms with Gasteiger partial charge in [0.15, 0.2) is 0 Å². The standard InChI is InChI=1S/C15H20FNS/c1-14(2,3)9-7-12-11(8-10(9)16)17-13(18-12)15(4,5)6/h7-8H,1-6H3. The number of hydrogen-bond donors (Lipinski definition) is 0. The number of rotatable bonds is 0. The van der Waals surface area contributed by atoms with Crippen molar-refractivity contribution in [1.29, 1.82) is 0 Å². The van der Waals surface area contributed by atoms with E-state index in [1.165, 1.54) is 0 Å². The van der Waals surface area contributed by atoms with Gasteiger partial charge in [0.05, 0.1) is 15.2 Å². The van der Waals surface area contributed by atoms with Crippen LogP contribution in [0.25, 0.3) is 10.2 Å². The number of thiazole rings is 1. The van der Waals surface area contributed by atoms with E-state index in [-0.39, 0.29) is 16.6 Å². The van der Waals surface area contributed by atoms with Crippen molar-refractivity contribution in [3.05, 3.63) is 28.5 Å². The number of nitrogens with zero attached hydrogens (tertiary/aromatic N) is 1. The first-order chi connectivity index (χ1) is 8.09. The van der Waals surface area contributed by atoms with Crippen molar-refractivity contribution < 1.29 is 4.39 Å². The van der Waals surface area contributed by atoms with Gasteiger partial charge in [0.2, 0.25) is 0 Å². The summed E-state index contributed by atoms with van der Waals surface area (Å²) in [7, 11) is 0. The molecule has 1 aromatic carbocycles. The van der Waals surface area contributed by atoms with Gasteiger partial charge in [0.25, 0.3) is 0 Å². The van der Waals surface area contributed by atoms with Crippen LogP contribution in [-0.2, 0) is 10.8 Å². The largest absolute Gasteiger partial charge is 0.241 e. The first kappa shape index (κ1) is 13.5. The normalized spacial score (nSPS) is 13.3. The maximum Gasteiger partial charge on any atom is 0.129 e. The first-order valence-corrected chi connectivity index (χ1v) is 7.02. The summed E-state index contributed by atoms with van der Waals surface area (Å²) in [6, 6.07) is 3.53. The molecule has 0 aliphatic heterocycles. The van der Waals surface area contributed by atoms with Gasteiger partial charge in [-0.3, -0.25) is 0 Å². The minimum Gasteiger partial charge on any atom is -0.241 e. The second-order valence-electron chi connectivity index (χ2n) is 6.82. The molecule has 1 aromatic heterocycles. The number of halogens is 1. The lowest BCUT2D eigenvalue weighted by Crippen LogP contribution is -2.13. The lowest BCUT2D eigenvalue weighted by Gasteiger charge is -2.19. The number of aromatic nitrogens is 1. The van der Waals surface area contributed by atoms with Crippen molar-refractivity contribution in [3.8, 4) is 0 Å². The number of hydrogen-bond acceptors (Lipinski definition) is 2. The maximum absolute atomic E-state index is 14.1. The average Bonchev–Trinajstić information content (AvgIpc) is 2.56. The third-order valence-electron chi connectivity index (χ3n) is 2.93. The molecule has 0 amide bonds. The van der Waals surface area contributed by atoms with Crippen LogP contribution in [0.1, 0.15) is 52.1 Å². The minimum absolute atomic E-state index is 0.0159. The summed E-state index contributed by atoms with van der Waals surface area (Å²) in [5, 5.41) is 1.06. The van der Waals surface area contributed by atoms with Crippen molar-refractivity contribution in [3.63, 3.8) is 0 Å². The SMILES string of the molecule is CC(C)(C)c1nc2cc(F)c(C(C)(C)C)cc2s1. The van der Waals surface area contributed by atoms with Crippen molar-refractivity contribution in [2.75, 3.05) is 0 Å². The molecule has 0 saturated carbocycles. The summed E-state index contributed by atoms with van der Waals surface area (Å²) in [5.41, 5.74) is 1.38. The molecule has 1 nitrogen and oxygen atoms in total. The van der Waals surface area contributed by atoms with E-state index in [1.54, 1.807) is 17.4 Å². The van der Waals surface area contributed by atoms with E-state index < -0.39 is 0 Å². The highest BCUT2D eigenvalue weighted by atomic mass is 32.1.